The lowest BCUT2D eigenvalue weighted by Gasteiger charge is -2.35. The summed E-state index contributed by atoms with van der Waals surface area (Å²) in [6, 6.07) is 0. The molecule has 1 saturated heterocycles. The monoisotopic (exact) mass is 184 g/mol. The van der Waals surface area contributed by atoms with Crippen molar-refractivity contribution in [3.63, 3.8) is 0 Å². The van der Waals surface area contributed by atoms with Crippen LogP contribution in [0.25, 0.3) is 0 Å². The molecule has 1 aromatic heterocycles. The number of β-amino-alcohol motifs (C(OH)–C–C–N with tert-alkyl or cyclic N) is 1. The van der Waals surface area contributed by atoms with Gasteiger partial charge in [-0.1, -0.05) is 0 Å². The Kier molecular flexibility index (Phi) is 1.57. The van der Waals surface area contributed by atoms with Crippen LogP contribution in [0.15, 0.2) is 6.20 Å². The summed E-state index contributed by atoms with van der Waals surface area (Å²) >= 11 is 0. The van der Waals surface area contributed by atoms with Gasteiger partial charge in [0.05, 0.1) is 4.92 Å². The first-order valence-electron chi connectivity index (χ1n) is 3.75. The van der Waals surface area contributed by atoms with Crippen molar-refractivity contribution in [3.05, 3.63) is 22.0 Å². The molecule has 13 heavy (non-hydrogen) atoms. The first-order valence-corrected chi connectivity index (χ1v) is 3.75. The highest BCUT2D eigenvalue weighted by atomic mass is 16.6. The topological polar surface area (TPSA) is 104 Å². The highest BCUT2D eigenvalue weighted by molar-refractivity contribution is 5.38. The fourth-order valence-corrected chi connectivity index (χ4v) is 1.30. The van der Waals surface area contributed by atoms with Gasteiger partial charge in [-0.15, -0.1) is 0 Å². The van der Waals surface area contributed by atoms with Crippen molar-refractivity contribution in [2.24, 2.45) is 0 Å². The van der Waals surface area contributed by atoms with E-state index < -0.39 is 10.5 Å². The summed E-state index contributed by atoms with van der Waals surface area (Å²) in [6.45, 7) is 0.631. The van der Waals surface area contributed by atoms with Crippen molar-refractivity contribution in [1.29, 1.82) is 0 Å². The number of aromatic amines is 1. The third-order valence-electron chi connectivity index (χ3n) is 2.12. The van der Waals surface area contributed by atoms with Crippen LogP contribution in [0.1, 0.15) is 5.69 Å². The largest absolute Gasteiger partial charge is 0.381 e. The molecule has 3 N–H and O–H groups in total. The van der Waals surface area contributed by atoms with Crippen LogP contribution in [0.3, 0.4) is 0 Å². The Morgan fingerprint density at radius 2 is 2.38 bits per heavy atom. The maximum absolute atomic E-state index is 10.5. The zero-order valence-corrected chi connectivity index (χ0v) is 6.65. The smallest absolute Gasteiger partial charge is 0.313 e. The number of aliphatic hydroxyl groups is 1. The molecule has 1 aliphatic rings. The molecule has 0 atom stereocenters. The summed E-state index contributed by atoms with van der Waals surface area (Å²) in [5.74, 6) is 0. The zero-order chi connectivity index (χ0) is 9.47. The molecule has 0 aromatic carbocycles. The minimum atomic E-state index is -1.15. The van der Waals surface area contributed by atoms with Gasteiger partial charge in [0, 0.05) is 13.1 Å². The molecule has 7 nitrogen and oxygen atoms in total. The number of hydrogen-bond donors (Lipinski definition) is 3. The Labute approximate surface area is 72.9 Å². The molecule has 1 aromatic rings. The molecule has 0 radical (unpaired) electrons. The van der Waals surface area contributed by atoms with Crippen LogP contribution in [0.5, 0.6) is 0 Å². The number of hydrogen-bond acceptors (Lipinski definition) is 5. The Morgan fingerprint density at radius 3 is 2.85 bits per heavy atom. The minimum absolute atomic E-state index is 0.163. The molecule has 70 valence electrons. The van der Waals surface area contributed by atoms with Crippen LogP contribution in [-0.4, -0.2) is 33.3 Å². The van der Waals surface area contributed by atoms with Crippen LogP contribution >= 0.6 is 0 Å². The standard InChI is InChI=1S/C6H8N4O3/c11-6(2-7-3-6)5-4(10(12)13)1-8-9-5/h1,7,11H,2-3H2,(H,8,9). The Bertz CT molecular complexity index is 343. The van der Waals surface area contributed by atoms with Crippen LogP contribution in [0.4, 0.5) is 5.69 Å². The molecular weight excluding hydrogens is 176 g/mol. The fourth-order valence-electron chi connectivity index (χ4n) is 1.30. The van der Waals surface area contributed by atoms with Gasteiger partial charge in [0.2, 0.25) is 0 Å². The van der Waals surface area contributed by atoms with Gasteiger partial charge in [-0.2, -0.15) is 5.10 Å². The van der Waals surface area contributed by atoms with E-state index in [0.717, 1.165) is 6.20 Å². The molecule has 0 saturated carbocycles. The highest BCUT2D eigenvalue weighted by Gasteiger charge is 2.42. The van der Waals surface area contributed by atoms with Crippen molar-refractivity contribution in [3.8, 4) is 0 Å². The van der Waals surface area contributed by atoms with E-state index in [1.54, 1.807) is 0 Å². The molecule has 0 spiro atoms. The van der Waals surface area contributed by atoms with Crippen molar-refractivity contribution in [2.75, 3.05) is 13.1 Å². The number of nitro groups is 1. The second-order valence-corrected chi connectivity index (χ2v) is 3.02. The molecule has 0 aliphatic carbocycles. The number of nitrogens with one attached hydrogen (secondary N) is 2. The highest BCUT2D eigenvalue weighted by Crippen LogP contribution is 2.30. The number of rotatable bonds is 2. The molecule has 0 bridgehead atoms. The van der Waals surface area contributed by atoms with Gasteiger partial charge >= 0.3 is 5.69 Å². The molecule has 2 heterocycles. The fraction of sp³-hybridized carbons (Fsp3) is 0.500. The van der Waals surface area contributed by atoms with Gasteiger partial charge in [0.25, 0.3) is 0 Å². The van der Waals surface area contributed by atoms with Crippen molar-refractivity contribution < 1.29 is 10.0 Å². The third kappa shape index (κ3) is 1.09. The molecule has 1 fully saturated rings. The maximum atomic E-state index is 10.5. The first-order chi connectivity index (χ1) is 6.13. The van der Waals surface area contributed by atoms with E-state index in [9.17, 15) is 15.2 Å². The van der Waals surface area contributed by atoms with E-state index in [2.05, 4.69) is 15.5 Å². The molecule has 2 rings (SSSR count). The summed E-state index contributed by atoms with van der Waals surface area (Å²) in [6.07, 6.45) is 1.10. The van der Waals surface area contributed by atoms with Gasteiger partial charge in [0.15, 0.2) is 0 Å². The maximum Gasteiger partial charge on any atom is 0.313 e. The average Bonchev–Trinajstić information content (AvgIpc) is 2.47. The Hall–Kier alpha value is -1.47. The van der Waals surface area contributed by atoms with Crippen LogP contribution in [0.2, 0.25) is 0 Å². The summed E-state index contributed by atoms with van der Waals surface area (Å²) < 4.78 is 0. The van der Waals surface area contributed by atoms with E-state index in [1.807, 2.05) is 0 Å². The Balaban J connectivity index is 2.39. The van der Waals surface area contributed by atoms with E-state index in [-0.39, 0.29) is 11.4 Å². The third-order valence-corrected chi connectivity index (χ3v) is 2.12. The summed E-state index contributed by atoms with van der Waals surface area (Å²) in [4.78, 5) is 9.92. The van der Waals surface area contributed by atoms with Gasteiger partial charge < -0.3 is 10.4 Å². The molecular formula is C6H8N4O3. The number of aromatic nitrogens is 2. The minimum Gasteiger partial charge on any atom is -0.381 e. The predicted octanol–water partition coefficient (Wildman–Crippen LogP) is -0.891. The van der Waals surface area contributed by atoms with Crippen LogP contribution < -0.4 is 5.32 Å². The van der Waals surface area contributed by atoms with E-state index >= 15 is 0 Å². The lowest BCUT2D eigenvalue weighted by atomic mass is 9.92. The summed E-state index contributed by atoms with van der Waals surface area (Å²) in [5.41, 5.74) is -1.14. The zero-order valence-electron chi connectivity index (χ0n) is 6.65. The van der Waals surface area contributed by atoms with Gasteiger partial charge in [-0.25, -0.2) is 0 Å². The second-order valence-electron chi connectivity index (χ2n) is 3.02. The van der Waals surface area contributed by atoms with Gasteiger partial charge in [-0.05, 0) is 0 Å². The quantitative estimate of drug-likeness (QED) is 0.408. The van der Waals surface area contributed by atoms with Gasteiger partial charge in [-0.3, -0.25) is 15.2 Å². The van der Waals surface area contributed by atoms with E-state index in [4.69, 9.17) is 0 Å². The normalized spacial score (nSPS) is 19.5. The number of nitrogens with zero attached hydrogens (tertiary/aromatic N) is 2. The molecule has 7 heteroatoms. The average molecular weight is 184 g/mol. The van der Waals surface area contributed by atoms with Crippen molar-refractivity contribution in [1.82, 2.24) is 15.5 Å². The van der Waals surface area contributed by atoms with Crippen molar-refractivity contribution in [2.45, 2.75) is 5.60 Å². The lowest BCUT2D eigenvalue weighted by Crippen LogP contribution is -2.57. The first kappa shape index (κ1) is 8.14. The van der Waals surface area contributed by atoms with Crippen LogP contribution in [0, 0.1) is 10.1 Å². The van der Waals surface area contributed by atoms with Crippen molar-refractivity contribution >= 4 is 5.69 Å². The number of H-pyrrole nitrogens is 1. The Morgan fingerprint density at radius 1 is 1.69 bits per heavy atom. The predicted molar refractivity (Wildman–Crippen MR) is 42.0 cm³/mol. The molecule has 1 aliphatic heterocycles. The summed E-state index contributed by atoms with van der Waals surface area (Å²) in [5, 5.41) is 29.1. The van der Waals surface area contributed by atoms with Gasteiger partial charge in [0.1, 0.15) is 17.5 Å². The molecule has 0 unspecified atom stereocenters. The second kappa shape index (κ2) is 2.51. The van der Waals surface area contributed by atoms with E-state index in [1.165, 1.54) is 0 Å². The molecule has 0 amide bonds. The SMILES string of the molecule is O=[N+]([O-])c1cn[nH]c1C1(O)CNC1. The summed E-state index contributed by atoms with van der Waals surface area (Å²) in [7, 11) is 0. The lowest BCUT2D eigenvalue weighted by molar-refractivity contribution is -0.386. The van der Waals surface area contributed by atoms with E-state index in [0.29, 0.717) is 13.1 Å². The van der Waals surface area contributed by atoms with Crippen LogP contribution in [-0.2, 0) is 5.60 Å².